The average Bonchev–Trinajstić information content (AvgIpc) is 3.37. The van der Waals surface area contributed by atoms with E-state index in [9.17, 15) is 4.79 Å². The number of fused-ring (bicyclic) bond motifs is 1. The monoisotopic (exact) mass is 380 g/mol. The Kier molecular flexibility index (Phi) is 4.91. The second-order valence-electron chi connectivity index (χ2n) is 8.39. The van der Waals surface area contributed by atoms with Gasteiger partial charge in [-0.15, -0.1) is 0 Å². The average molecular weight is 380 g/mol. The standard InChI is InChI=1S/C22H28N4O2/c27-22-21-4-3-17(12-18(21)14-26(22)20-2-1-8-23-13-20)16-5-9-25(10-6-16)15-19-7-11-28-24-19/h3-4,7,11-12,16,20,23H,1-2,5-6,8-10,13-15H2. The summed E-state index contributed by atoms with van der Waals surface area (Å²) in [7, 11) is 0. The van der Waals surface area contributed by atoms with E-state index in [1.807, 2.05) is 6.07 Å². The first-order valence-corrected chi connectivity index (χ1v) is 10.5. The minimum absolute atomic E-state index is 0.220. The largest absolute Gasteiger partial charge is 0.364 e. The molecule has 6 heteroatoms. The number of carbonyl (C=O) groups is 1. The zero-order valence-corrected chi connectivity index (χ0v) is 16.3. The van der Waals surface area contributed by atoms with Gasteiger partial charge in [0, 0.05) is 37.3 Å². The van der Waals surface area contributed by atoms with Crippen LogP contribution in [0.1, 0.15) is 58.8 Å². The third-order valence-electron chi connectivity index (χ3n) is 6.61. The molecule has 6 nitrogen and oxygen atoms in total. The van der Waals surface area contributed by atoms with Crippen molar-refractivity contribution in [3.05, 3.63) is 52.9 Å². The summed E-state index contributed by atoms with van der Waals surface area (Å²) in [6.07, 6.45) is 6.22. The molecule has 148 valence electrons. The molecule has 2 fully saturated rings. The van der Waals surface area contributed by atoms with Gasteiger partial charge in [0.1, 0.15) is 6.26 Å². The number of amides is 1. The molecule has 1 aromatic carbocycles. The fourth-order valence-electron chi connectivity index (χ4n) is 4.98. The fraction of sp³-hybridized carbons (Fsp3) is 0.545. The summed E-state index contributed by atoms with van der Waals surface area (Å²) >= 11 is 0. The highest BCUT2D eigenvalue weighted by atomic mass is 16.5. The highest BCUT2D eigenvalue weighted by molar-refractivity contribution is 5.98. The number of rotatable bonds is 4. The Morgan fingerprint density at radius 2 is 2.07 bits per heavy atom. The third kappa shape index (κ3) is 3.47. The third-order valence-corrected chi connectivity index (χ3v) is 6.61. The minimum atomic E-state index is 0.220. The Labute approximate surface area is 165 Å². The van der Waals surface area contributed by atoms with Gasteiger partial charge < -0.3 is 14.7 Å². The summed E-state index contributed by atoms with van der Waals surface area (Å²) < 4.78 is 4.94. The first-order valence-electron chi connectivity index (χ1n) is 10.5. The lowest BCUT2D eigenvalue weighted by Gasteiger charge is -2.32. The molecule has 1 amide bonds. The smallest absolute Gasteiger partial charge is 0.254 e. The van der Waals surface area contributed by atoms with Gasteiger partial charge in [-0.2, -0.15) is 0 Å². The van der Waals surface area contributed by atoms with Gasteiger partial charge in [-0.25, -0.2) is 0 Å². The van der Waals surface area contributed by atoms with Gasteiger partial charge in [0.2, 0.25) is 0 Å². The fourth-order valence-corrected chi connectivity index (χ4v) is 4.98. The van der Waals surface area contributed by atoms with Gasteiger partial charge in [-0.05, 0) is 68.4 Å². The van der Waals surface area contributed by atoms with Crippen molar-refractivity contribution < 1.29 is 9.32 Å². The van der Waals surface area contributed by atoms with E-state index in [0.717, 1.165) is 76.2 Å². The second kappa shape index (κ2) is 7.68. The summed E-state index contributed by atoms with van der Waals surface area (Å²) in [5.74, 6) is 0.803. The van der Waals surface area contributed by atoms with Crippen LogP contribution < -0.4 is 5.32 Å². The summed E-state index contributed by atoms with van der Waals surface area (Å²) in [6.45, 7) is 5.80. The van der Waals surface area contributed by atoms with Gasteiger partial charge in [-0.3, -0.25) is 9.69 Å². The van der Waals surface area contributed by atoms with Crippen molar-refractivity contribution >= 4 is 5.91 Å². The highest BCUT2D eigenvalue weighted by Gasteiger charge is 2.34. The van der Waals surface area contributed by atoms with E-state index in [2.05, 4.69) is 38.5 Å². The molecule has 0 spiro atoms. The molecule has 5 rings (SSSR count). The van der Waals surface area contributed by atoms with Crippen molar-refractivity contribution in [2.75, 3.05) is 26.2 Å². The molecule has 1 unspecified atom stereocenters. The van der Waals surface area contributed by atoms with Crippen LogP contribution in [0.15, 0.2) is 35.1 Å². The number of likely N-dealkylation sites (tertiary alicyclic amines) is 1. The van der Waals surface area contributed by atoms with Crippen molar-refractivity contribution in [1.29, 1.82) is 0 Å². The Morgan fingerprint density at radius 3 is 2.82 bits per heavy atom. The van der Waals surface area contributed by atoms with Crippen molar-refractivity contribution in [2.45, 2.75) is 50.7 Å². The first kappa shape index (κ1) is 17.9. The Morgan fingerprint density at radius 1 is 1.18 bits per heavy atom. The molecule has 2 aromatic rings. The molecular weight excluding hydrogens is 352 g/mol. The maximum atomic E-state index is 12.9. The van der Waals surface area contributed by atoms with Gasteiger partial charge >= 0.3 is 0 Å². The molecule has 28 heavy (non-hydrogen) atoms. The second-order valence-corrected chi connectivity index (χ2v) is 8.39. The van der Waals surface area contributed by atoms with E-state index in [-0.39, 0.29) is 5.91 Å². The summed E-state index contributed by atoms with van der Waals surface area (Å²) in [4.78, 5) is 17.4. The number of benzene rings is 1. The van der Waals surface area contributed by atoms with Crippen LogP contribution in [-0.4, -0.2) is 53.1 Å². The number of hydrogen-bond acceptors (Lipinski definition) is 5. The zero-order chi connectivity index (χ0) is 18.9. The lowest BCUT2D eigenvalue weighted by atomic mass is 9.88. The molecule has 0 saturated carbocycles. The molecule has 1 atom stereocenters. The molecule has 4 heterocycles. The lowest BCUT2D eigenvalue weighted by molar-refractivity contribution is 0.0674. The maximum Gasteiger partial charge on any atom is 0.254 e. The SMILES string of the molecule is O=C1c2ccc(C3CCN(Cc4ccon4)CC3)cc2CN1C1CCCNC1. The molecule has 0 bridgehead atoms. The van der Waals surface area contributed by atoms with E-state index in [4.69, 9.17) is 4.52 Å². The van der Waals surface area contributed by atoms with Crippen LogP contribution in [0.3, 0.4) is 0 Å². The number of hydrogen-bond donors (Lipinski definition) is 1. The van der Waals surface area contributed by atoms with E-state index in [1.54, 1.807) is 6.26 Å². The van der Waals surface area contributed by atoms with Crippen molar-refractivity contribution in [1.82, 2.24) is 20.3 Å². The normalized spacial score (nSPS) is 23.9. The van der Waals surface area contributed by atoms with Crippen LogP contribution in [0.2, 0.25) is 0 Å². The van der Waals surface area contributed by atoms with Crippen LogP contribution in [0.4, 0.5) is 0 Å². The van der Waals surface area contributed by atoms with Gasteiger partial charge in [0.05, 0.1) is 5.69 Å². The Hall–Kier alpha value is -2.18. The quantitative estimate of drug-likeness (QED) is 0.884. The van der Waals surface area contributed by atoms with Crippen molar-refractivity contribution in [3.8, 4) is 0 Å². The number of carbonyl (C=O) groups excluding carboxylic acids is 1. The van der Waals surface area contributed by atoms with Crippen LogP contribution in [0.5, 0.6) is 0 Å². The number of nitrogens with zero attached hydrogens (tertiary/aromatic N) is 3. The van der Waals surface area contributed by atoms with E-state index in [0.29, 0.717) is 12.0 Å². The summed E-state index contributed by atoms with van der Waals surface area (Å²) in [5, 5.41) is 7.45. The molecular formula is C22H28N4O2. The maximum absolute atomic E-state index is 12.9. The van der Waals surface area contributed by atoms with E-state index < -0.39 is 0 Å². The number of nitrogens with one attached hydrogen (secondary N) is 1. The van der Waals surface area contributed by atoms with Crippen LogP contribution in [0.25, 0.3) is 0 Å². The van der Waals surface area contributed by atoms with Crippen LogP contribution in [-0.2, 0) is 13.1 Å². The number of piperidine rings is 2. The lowest BCUT2D eigenvalue weighted by Crippen LogP contribution is -2.46. The van der Waals surface area contributed by atoms with Gasteiger partial charge in [0.15, 0.2) is 0 Å². The molecule has 0 radical (unpaired) electrons. The summed E-state index contributed by atoms with van der Waals surface area (Å²) in [6, 6.07) is 8.86. The predicted octanol–water partition coefficient (Wildman–Crippen LogP) is 2.76. The van der Waals surface area contributed by atoms with Crippen molar-refractivity contribution in [3.63, 3.8) is 0 Å². The zero-order valence-electron chi connectivity index (χ0n) is 16.3. The highest BCUT2D eigenvalue weighted by Crippen LogP contribution is 2.33. The van der Waals surface area contributed by atoms with Crippen LogP contribution in [0, 0.1) is 0 Å². The molecule has 1 N–H and O–H groups in total. The van der Waals surface area contributed by atoms with Gasteiger partial charge in [-0.1, -0.05) is 17.3 Å². The summed E-state index contributed by atoms with van der Waals surface area (Å²) in [5.41, 5.74) is 4.54. The molecule has 3 aliphatic heterocycles. The predicted molar refractivity (Wildman–Crippen MR) is 106 cm³/mol. The van der Waals surface area contributed by atoms with Crippen molar-refractivity contribution in [2.24, 2.45) is 0 Å². The first-order chi connectivity index (χ1) is 13.8. The van der Waals surface area contributed by atoms with E-state index in [1.165, 1.54) is 11.1 Å². The van der Waals surface area contributed by atoms with E-state index >= 15 is 0 Å². The van der Waals surface area contributed by atoms with Crippen LogP contribution >= 0.6 is 0 Å². The molecule has 0 aliphatic carbocycles. The minimum Gasteiger partial charge on any atom is -0.364 e. The molecule has 3 aliphatic rings. The number of aromatic nitrogens is 1. The van der Waals surface area contributed by atoms with Gasteiger partial charge in [0.25, 0.3) is 5.91 Å². The Balaban J connectivity index is 1.23. The topological polar surface area (TPSA) is 61.6 Å². The molecule has 1 aromatic heterocycles. The molecule has 2 saturated heterocycles. The Bertz CT molecular complexity index is 821.